The average Bonchev–Trinajstić information content (AvgIpc) is 3.62. The second-order valence-electron chi connectivity index (χ2n) is 12.4. The summed E-state index contributed by atoms with van der Waals surface area (Å²) in [5.74, 6) is -0.899. The number of hydrogen-bond donors (Lipinski definition) is 2. The van der Waals surface area contributed by atoms with Gasteiger partial charge in [-0.3, -0.25) is 14.4 Å². The summed E-state index contributed by atoms with van der Waals surface area (Å²) in [6.45, 7) is 5.13. The molecule has 8 heteroatoms. The highest BCUT2D eigenvalue weighted by Crippen LogP contribution is 2.55. The molecule has 8 nitrogen and oxygen atoms in total. The predicted octanol–water partition coefficient (Wildman–Crippen LogP) is 4.76. The lowest BCUT2D eigenvalue weighted by atomic mass is 9.74. The van der Waals surface area contributed by atoms with Crippen molar-refractivity contribution in [3.05, 3.63) is 48.1 Å². The van der Waals surface area contributed by atoms with Crippen LogP contribution >= 0.6 is 0 Å². The minimum absolute atomic E-state index is 0.0889. The Kier molecular flexibility index (Phi) is 7.94. The van der Waals surface area contributed by atoms with Crippen molar-refractivity contribution in [3.8, 4) is 5.75 Å². The molecule has 6 rings (SSSR count). The fourth-order valence-corrected chi connectivity index (χ4v) is 7.72. The Morgan fingerprint density at radius 3 is 2.63 bits per heavy atom. The molecule has 3 heterocycles. The molecule has 2 aliphatic carbocycles. The molecule has 0 aromatic heterocycles. The van der Waals surface area contributed by atoms with Crippen LogP contribution in [-0.4, -0.2) is 59.6 Å². The number of nitrogens with one attached hydrogen (secondary N) is 2. The molecule has 3 aliphatic heterocycles. The number of anilines is 1. The Bertz CT molecular complexity index is 1230. The van der Waals surface area contributed by atoms with Crippen LogP contribution in [0.3, 0.4) is 0 Å². The molecule has 1 aromatic carbocycles. The van der Waals surface area contributed by atoms with E-state index in [0.29, 0.717) is 24.8 Å². The molecule has 5 aliphatic rings. The van der Waals surface area contributed by atoms with Crippen LogP contribution in [0.25, 0.3) is 0 Å². The number of ether oxygens (including phenoxy) is 2. The van der Waals surface area contributed by atoms with Crippen molar-refractivity contribution in [2.75, 3.05) is 18.5 Å². The molecular weight excluding hydrogens is 518 g/mol. The van der Waals surface area contributed by atoms with Crippen molar-refractivity contribution < 1.29 is 23.9 Å². The minimum Gasteiger partial charge on any atom is -0.494 e. The summed E-state index contributed by atoms with van der Waals surface area (Å²) >= 11 is 0. The number of likely N-dealkylation sites (tertiary alicyclic amines) is 1. The van der Waals surface area contributed by atoms with E-state index in [0.717, 1.165) is 50.7 Å². The standard InChI is InChI=1S/C33H43N3O5/c1-3-40-24-15-13-23(14-16-24)34-30(37)27-26-17-19-33(41-26)28(27)32(39)36(20-18-22-10-5-4-6-11-22)29(33)31(38)35-25-12-8-7-9-21(25)2/h10,13-17,19,21,25-29H,3-9,11-12,18,20H2,1-2H3,(H,34,37)(H,35,38)/t21-,25+,26+,27-,28+,29+,33+/m0/s1. The van der Waals surface area contributed by atoms with Crippen molar-refractivity contribution in [1.82, 2.24) is 10.2 Å². The maximum Gasteiger partial charge on any atom is 0.246 e. The summed E-state index contributed by atoms with van der Waals surface area (Å²) < 4.78 is 12.0. The highest BCUT2D eigenvalue weighted by molar-refractivity contribution is 6.02. The summed E-state index contributed by atoms with van der Waals surface area (Å²) in [5.41, 5.74) is 0.849. The third-order valence-electron chi connectivity index (χ3n) is 9.86. The summed E-state index contributed by atoms with van der Waals surface area (Å²) in [5, 5.41) is 6.31. The Hall–Kier alpha value is -3.13. The third-order valence-corrected chi connectivity index (χ3v) is 9.86. The first kappa shape index (κ1) is 28.0. The minimum atomic E-state index is -1.13. The number of benzene rings is 1. The first-order chi connectivity index (χ1) is 19.9. The van der Waals surface area contributed by atoms with E-state index in [-0.39, 0.29) is 23.8 Å². The Labute approximate surface area is 242 Å². The van der Waals surface area contributed by atoms with Gasteiger partial charge in [-0.1, -0.05) is 43.6 Å². The summed E-state index contributed by atoms with van der Waals surface area (Å²) in [6, 6.07) is 6.52. The predicted molar refractivity (Wildman–Crippen MR) is 156 cm³/mol. The van der Waals surface area contributed by atoms with Crippen molar-refractivity contribution in [3.63, 3.8) is 0 Å². The number of fused-ring (bicyclic) bond motifs is 1. The molecule has 0 unspecified atom stereocenters. The largest absolute Gasteiger partial charge is 0.494 e. The van der Waals surface area contributed by atoms with Gasteiger partial charge in [0.1, 0.15) is 17.4 Å². The highest BCUT2D eigenvalue weighted by atomic mass is 16.5. The number of carbonyl (C=O) groups excluding carboxylic acids is 3. The Balaban J connectivity index is 1.26. The number of rotatable bonds is 9. The number of carbonyl (C=O) groups is 3. The highest BCUT2D eigenvalue weighted by Gasteiger charge is 2.72. The summed E-state index contributed by atoms with van der Waals surface area (Å²) in [4.78, 5) is 43.8. The van der Waals surface area contributed by atoms with Crippen LogP contribution in [0, 0.1) is 17.8 Å². The number of hydrogen-bond acceptors (Lipinski definition) is 5. The van der Waals surface area contributed by atoms with E-state index >= 15 is 0 Å². The summed E-state index contributed by atoms with van der Waals surface area (Å²) in [7, 11) is 0. The maximum absolute atomic E-state index is 14.2. The smallest absolute Gasteiger partial charge is 0.246 e. The molecule has 0 radical (unpaired) electrons. The van der Waals surface area contributed by atoms with E-state index in [2.05, 4.69) is 23.6 Å². The molecule has 2 saturated heterocycles. The van der Waals surface area contributed by atoms with E-state index in [4.69, 9.17) is 9.47 Å². The van der Waals surface area contributed by atoms with Gasteiger partial charge in [-0.15, -0.1) is 0 Å². The molecule has 2 N–H and O–H groups in total. The zero-order chi connectivity index (χ0) is 28.6. The van der Waals surface area contributed by atoms with Gasteiger partial charge in [0.15, 0.2) is 0 Å². The fourth-order valence-electron chi connectivity index (χ4n) is 7.72. The van der Waals surface area contributed by atoms with Gasteiger partial charge in [-0.2, -0.15) is 0 Å². The quantitative estimate of drug-likeness (QED) is 0.424. The van der Waals surface area contributed by atoms with Crippen LogP contribution in [0.2, 0.25) is 0 Å². The number of allylic oxidation sites excluding steroid dienone is 1. The van der Waals surface area contributed by atoms with E-state index in [1.54, 1.807) is 17.0 Å². The van der Waals surface area contributed by atoms with Crippen LogP contribution < -0.4 is 15.4 Å². The van der Waals surface area contributed by atoms with Crippen LogP contribution in [0.4, 0.5) is 5.69 Å². The van der Waals surface area contributed by atoms with Gasteiger partial charge in [0.25, 0.3) is 0 Å². The monoisotopic (exact) mass is 561 g/mol. The molecule has 1 aromatic rings. The Morgan fingerprint density at radius 1 is 1.10 bits per heavy atom. The molecule has 3 amide bonds. The van der Waals surface area contributed by atoms with Crippen LogP contribution in [0.5, 0.6) is 5.75 Å². The lowest BCUT2D eigenvalue weighted by Crippen LogP contribution is -2.57. The van der Waals surface area contributed by atoms with Gasteiger partial charge in [0.05, 0.1) is 24.5 Å². The number of amides is 3. The average molecular weight is 562 g/mol. The molecular formula is C33H43N3O5. The topological polar surface area (TPSA) is 97.0 Å². The van der Waals surface area contributed by atoms with E-state index in [9.17, 15) is 14.4 Å². The molecule has 3 fully saturated rings. The van der Waals surface area contributed by atoms with Crippen molar-refractivity contribution in [2.24, 2.45) is 17.8 Å². The first-order valence-corrected chi connectivity index (χ1v) is 15.6. The third kappa shape index (κ3) is 5.20. The van der Waals surface area contributed by atoms with Gasteiger partial charge in [0.2, 0.25) is 17.7 Å². The lowest BCUT2D eigenvalue weighted by molar-refractivity contribution is -0.141. The van der Waals surface area contributed by atoms with Crippen molar-refractivity contribution in [1.29, 1.82) is 0 Å². The second-order valence-corrected chi connectivity index (χ2v) is 12.4. The molecule has 220 valence electrons. The normalized spacial score (nSPS) is 33.9. The van der Waals surface area contributed by atoms with Gasteiger partial charge >= 0.3 is 0 Å². The molecule has 7 atom stereocenters. The van der Waals surface area contributed by atoms with Crippen LogP contribution in [0.1, 0.15) is 71.6 Å². The molecule has 1 spiro atoms. The van der Waals surface area contributed by atoms with E-state index in [1.165, 1.54) is 18.4 Å². The second kappa shape index (κ2) is 11.6. The van der Waals surface area contributed by atoms with Gasteiger partial charge in [-0.25, -0.2) is 0 Å². The zero-order valence-electron chi connectivity index (χ0n) is 24.3. The maximum atomic E-state index is 14.2. The molecule has 41 heavy (non-hydrogen) atoms. The van der Waals surface area contributed by atoms with Crippen molar-refractivity contribution >= 4 is 23.4 Å². The molecule has 2 bridgehead atoms. The van der Waals surface area contributed by atoms with Crippen LogP contribution in [-0.2, 0) is 19.1 Å². The lowest BCUT2D eigenvalue weighted by Gasteiger charge is -2.36. The molecule has 1 saturated carbocycles. The zero-order valence-corrected chi connectivity index (χ0v) is 24.3. The number of nitrogens with zero attached hydrogens (tertiary/aromatic N) is 1. The van der Waals surface area contributed by atoms with Crippen molar-refractivity contribution in [2.45, 2.75) is 95.4 Å². The van der Waals surface area contributed by atoms with Gasteiger partial charge < -0.3 is 25.0 Å². The Morgan fingerprint density at radius 2 is 1.90 bits per heavy atom. The van der Waals surface area contributed by atoms with Gasteiger partial charge in [-0.05, 0) is 82.1 Å². The van der Waals surface area contributed by atoms with E-state index < -0.39 is 29.6 Å². The first-order valence-electron chi connectivity index (χ1n) is 15.6. The fraction of sp³-hybridized carbons (Fsp3) is 0.606. The van der Waals surface area contributed by atoms with Crippen LogP contribution in [0.15, 0.2) is 48.1 Å². The van der Waals surface area contributed by atoms with Gasteiger partial charge in [0, 0.05) is 18.3 Å². The van der Waals surface area contributed by atoms with E-state index in [1.807, 2.05) is 31.2 Å². The SMILES string of the molecule is CCOc1ccc(NC(=O)[C@H]2[C@H]3C=C[C@@]4(O3)[C@H]2C(=O)N(CCC2=CCCCC2)[C@@H]4C(=O)N[C@@H]2CCCC[C@@H]2C)cc1. The summed E-state index contributed by atoms with van der Waals surface area (Å²) in [6.07, 6.45) is 15.1.